The molecule has 0 aromatic carbocycles. The minimum absolute atomic E-state index is 0.286. The molecule has 0 saturated heterocycles. The van der Waals surface area contributed by atoms with Gasteiger partial charge in [-0.25, -0.2) is 9.59 Å². The van der Waals surface area contributed by atoms with Gasteiger partial charge in [0.1, 0.15) is 6.04 Å². The number of carbonyl (C=O) groups excluding carboxylic acids is 1. The Morgan fingerprint density at radius 2 is 1.95 bits per heavy atom. The lowest BCUT2D eigenvalue weighted by atomic mass is 10.0. The predicted molar refractivity (Wildman–Crippen MR) is 74.1 cm³/mol. The van der Waals surface area contributed by atoms with Crippen LogP contribution in [0.4, 0.5) is 4.79 Å². The number of rotatable bonds is 9. The van der Waals surface area contributed by atoms with Crippen molar-refractivity contribution in [2.24, 2.45) is 5.41 Å². The molecule has 2 amide bonds. The van der Waals surface area contributed by atoms with Gasteiger partial charge in [-0.05, 0) is 31.1 Å². The second-order valence-corrected chi connectivity index (χ2v) is 5.61. The highest BCUT2D eigenvalue weighted by Crippen LogP contribution is 2.48. The van der Waals surface area contributed by atoms with Crippen LogP contribution in [0.5, 0.6) is 0 Å². The molecular weight excluding hydrogens is 244 g/mol. The highest BCUT2D eigenvalue weighted by molar-refractivity contribution is 5.82. The van der Waals surface area contributed by atoms with Gasteiger partial charge < -0.3 is 15.7 Å². The van der Waals surface area contributed by atoms with Gasteiger partial charge in [0, 0.05) is 6.54 Å². The maximum Gasteiger partial charge on any atom is 0.326 e. The normalized spacial score (nSPS) is 17.6. The van der Waals surface area contributed by atoms with Crippen LogP contribution in [-0.2, 0) is 4.79 Å². The highest BCUT2D eigenvalue weighted by Gasteiger charge is 2.41. The summed E-state index contributed by atoms with van der Waals surface area (Å²) in [4.78, 5) is 22.7. The van der Waals surface area contributed by atoms with Crippen LogP contribution in [0, 0.1) is 5.41 Å². The maximum atomic E-state index is 11.7. The van der Waals surface area contributed by atoms with Crippen LogP contribution in [0.25, 0.3) is 0 Å². The largest absolute Gasteiger partial charge is 0.480 e. The summed E-state index contributed by atoms with van der Waals surface area (Å²) >= 11 is 0. The number of aliphatic carboxylic acids is 1. The molecule has 19 heavy (non-hydrogen) atoms. The van der Waals surface area contributed by atoms with Crippen LogP contribution in [0.15, 0.2) is 0 Å². The van der Waals surface area contributed by atoms with Crippen molar-refractivity contribution in [1.29, 1.82) is 0 Å². The molecule has 0 aromatic rings. The number of amides is 2. The van der Waals surface area contributed by atoms with E-state index in [1.165, 1.54) is 12.8 Å². The first kappa shape index (κ1) is 15.8. The quantitative estimate of drug-likeness (QED) is 0.602. The lowest BCUT2D eigenvalue weighted by Crippen LogP contribution is -2.47. The molecule has 1 aliphatic carbocycles. The topological polar surface area (TPSA) is 78.4 Å². The van der Waals surface area contributed by atoms with E-state index < -0.39 is 12.0 Å². The Balaban J connectivity index is 2.30. The van der Waals surface area contributed by atoms with Gasteiger partial charge in [-0.1, -0.05) is 33.1 Å². The van der Waals surface area contributed by atoms with Crippen molar-refractivity contribution < 1.29 is 14.7 Å². The Morgan fingerprint density at radius 1 is 1.26 bits per heavy atom. The average Bonchev–Trinajstić information content (AvgIpc) is 3.12. The zero-order valence-corrected chi connectivity index (χ0v) is 12.0. The minimum atomic E-state index is -0.960. The lowest BCUT2D eigenvalue weighted by Gasteiger charge is -2.18. The Hall–Kier alpha value is -1.26. The molecule has 0 spiro atoms. The third kappa shape index (κ3) is 5.49. The number of carboxylic acid groups (broad SMARTS) is 1. The molecule has 1 rings (SSSR count). The number of carbonyl (C=O) groups is 2. The zero-order chi connectivity index (χ0) is 14.3. The van der Waals surface area contributed by atoms with Crippen molar-refractivity contribution in [3.05, 3.63) is 0 Å². The molecule has 1 fully saturated rings. The molecule has 0 bridgehead atoms. The van der Waals surface area contributed by atoms with E-state index in [1.807, 2.05) is 6.92 Å². The summed E-state index contributed by atoms with van der Waals surface area (Å²) in [5.74, 6) is -0.960. The van der Waals surface area contributed by atoms with E-state index in [9.17, 15) is 9.59 Å². The van der Waals surface area contributed by atoms with Crippen LogP contribution in [0.1, 0.15) is 58.8 Å². The monoisotopic (exact) mass is 270 g/mol. The van der Waals surface area contributed by atoms with Crippen LogP contribution < -0.4 is 10.6 Å². The van der Waals surface area contributed by atoms with Crippen molar-refractivity contribution >= 4 is 12.0 Å². The summed E-state index contributed by atoms with van der Waals surface area (Å²) in [6, 6.07) is -1.13. The Labute approximate surface area is 115 Å². The third-order valence-corrected chi connectivity index (χ3v) is 3.81. The fraction of sp³-hybridized carbons (Fsp3) is 0.857. The number of urea groups is 1. The van der Waals surface area contributed by atoms with Gasteiger partial charge in [-0.2, -0.15) is 0 Å². The minimum Gasteiger partial charge on any atom is -0.480 e. The number of unbranched alkanes of at least 4 members (excludes halogenated alkanes) is 1. The number of hydrogen-bond acceptors (Lipinski definition) is 2. The molecule has 3 N–H and O–H groups in total. The smallest absolute Gasteiger partial charge is 0.326 e. The molecule has 5 heteroatoms. The van der Waals surface area contributed by atoms with Gasteiger partial charge in [0.2, 0.25) is 0 Å². The molecule has 0 heterocycles. The summed E-state index contributed by atoms with van der Waals surface area (Å²) in [7, 11) is 0. The zero-order valence-electron chi connectivity index (χ0n) is 12.0. The second kappa shape index (κ2) is 7.36. The van der Waals surface area contributed by atoms with E-state index in [0.29, 0.717) is 13.0 Å². The van der Waals surface area contributed by atoms with Crippen molar-refractivity contribution in [1.82, 2.24) is 10.6 Å². The van der Waals surface area contributed by atoms with Gasteiger partial charge in [-0.15, -0.1) is 0 Å². The number of carboxylic acids is 1. The summed E-state index contributed by atoms with van der Waals surface area (Å²) in [5, 5.41) is 14.4. The summed E-state index contributed by atoms with van der Waals surface area (Å²) in [6.45, 7) is 4.80. The molecule has 1 aliphatic rings. The molecule has 1 saturated carbocycles. The van der Waals surface area contributed by atoms with E-state index >= 15 is 0 Å². The Bertz CT molecular complexity index is 314. The lowest BCUT2D eigenvalue weighted by molar-refractivity contribution is -0.139. The highest BCUT2D eigenvalue weighted by atomic mass is 16.4. The fourth-order valence-corrected chi connectivity index (χ4v) is 2.36. The average molecular weight is 270 g/mol. The summed E-state index contributed by atoms with van der Waals surface area (Å²) < 4.78 is 0. The molecule has 0 aromatic heterocycles. The van der Waals surface area contributed by atoms with Crippen molar-refractivity contribution in [3.8, 4) is 0 Å². The van der Waals surface area contributed by atoms with Gasteiger partial charge >= 0.3 is 12.0 Å². The Morgan fingerprint density at radius 3 is 2.42 bits per heavy atom. The van der Waals surface area contributed by atoms with Crippen LogP contribution in [0.3, 0.4) is 0 Å². The number of hydrogen-bond donors (Lipinski definition) is 3. The van der Waals surface area contributed by atoms with E-state index in [2.05, 4.69) is 17.6 Å². The third-order valence-electron chi connectivity index (χ3n) is 3.81. The van der Waals surface area contributed by atoms with Gasteiger partial charge in [-0.3, -0.25) is 0 Å². The Kier molecular flexibility index (Phi) is 6.12. The van der Waals surface area contributed by atoms with Crippen molar-refractivity contribution in [2.75, 3.05) is 6.54 Å². The van der Waals surface area contributed by atoms with Crippen LogP contribution >= 0.6 is 0 Å². The summed E-state index contributed by atoms with van der Waals surface area (Å²) in [6.07, 6.45) is 6.80. The molecule has 110 valence electrons. The van der Waals surface area contributed by atoms with Gasteiger partial charge in [0.15, 0.2) is 0 Å². The maximum absolute atomic E-state index is 11.7. The molecule has 0 aliphatic heterocycles. The molecule has 1 unspecified atom stereocenters. The van der Waals surface area contributed by atoms with E-state index in [0.717, 1.165) is 25.7 Å². The number of nitrogens with one attached hydrogen (secondary N) is 2. The first-order valence-corrected chi connectivity index (χ1v) is 7.30. The first-order valence-electron chi connectivity index (χ1n) is 7.30. The second-order valence-electron chi connectivity index (χ2n) is 5.61. The van der Waals surface area contributed by atoms with E-state index in [1.54, 1.807) is 0 Å². The van der Waals surface area contributed by atoms with Gasteiger partial charge in [0.05, 0.1) is 0 Å². The first-order chi connectivity index (χ1) is 9.03. The fourth-order valence-electron chi connectivity index (χ4n) is 2.36. The standard InChI is InChI=1S/C14H26N2O3/c1-3-5-6-11(12(17)18)16-13(19)15-10-14(7-4-2)8-9-14/h11H,3-10H2,1-2H3,(H,17,18)(H2,15,16,19). The molecule has 5 nitrogen and oxygen atoms in total. The molecule has 0 radical (unpaired) electrons. The summed E-state index contributed by atoms with van der Waals surface area (Å²) in [5.41, 5.74) is 0.286. The molecular formula is C14H26N2O3. The van der Waals surface area contributed by atoms with Crippen LogP contribution in [-0.4, -0.2) is 29.7 Å². The SMILES string of the molecule is CCCCC(NC(=O)NCC1(CCC)CC1)C(=O)O. The van der Waals surface area contributed by atoms with E-state index in [4.69, 9.17) is 5.11 Å². The van der Waals surface area contributed by atoms with Crippen molar-refractivity contribution in [3.63, 3.8) is 0 Å². The van der Waals surface area contributed by atoms with Crippen molar-refractivity contribution in [2.45, 2.75) is 64.8 Å². The van der Waals surface area contributed by atoms with E-state index in [-0.39, 0.29) is 11.4 Å². The van der Waals surface area contributed by atoms with Gasteiger partial charge in [0.25, 0.3) is 0 Å². The predicted octanol–water partition coefficient (Wildman–Crippen LogP) is 2.51. The van der Waals surface area contributed by atoms with Crippen LogP contribution in [0.2, 0.25) is 0 Å². The molecule has 1 atom stereocenters.